The number of rotatable bonds is 0. The maximum atomic E-state index is 9.18. The van der Waals surface area contributed by atoms with Crippen molar-refractivity contribution in [2.75, 3.05) is 6.61 Å². The largest absolute Gasteiger partial charge is 0.353 e. The molecule has 2 aliphatic rings. The molecular formula is C6H11NO3. The Morgan fingerprint density at radius 3 is 3.10 bits per heavy atom. The first-order valence-corrected chi connectivity index (χ1v) is 3.48. The number of fused-ring (bicyclic) bond motifs is 1. The van der Waals surface area contributed by atoms with Crippen molar-refractivity contribution in [3.05, 3.63) is 0 Å². The van der Waals surface area contributed by atoms with Crippen LogP contribution in [0, 0.1) is 5.92 Å². The van der Waals surface area contributed by atoms with Gasteiger partial charge in [-0.15, -0.1) is 0 Å². The Hall–Kier alpha value is -0.160. The van der Waals surface area contributed by atoms with Gasteiger partial charge in [0.2, 0.25) is 5.91 Å². The molecule has 0 saturated carbocycles. The fourth-order valence-electron chi connectivity index (χ4n) is 1.56. The third-order valence-corrected chi connectivity index (χ3v) is 2.03. The maximum absolute atomic E-state index is 9.18. The first kappa shape index (κ1) is 6.54. The summed E-state index contributed by atoms with van der Waals surface area (Å²) in [6, 6.07) is 0. The molecule has 0 amide bonds. The van der Waals surface area contributed by atoms with Gasteiger partial charge in [-0.1, -0.05) is 0 Å². The van der Waals surface area contributed by atoms with Crippen molar-refractivity contribution in [1.82, 2.24) is 0 Å². The minimum Gasteiger partial charge on any atom is -0.353 e. The van der Waals surface area contributed by atoms with Crippen molar-refractivity contribution in [3.8, 4) is 0 Å². The predicted molar refractivity (Wildman–Crippen MR) is 32.7 cm³/mol. The zero-order valence-electron chi connectivity index (χ0n) is 5.62. The molecule has 0 aromatic heterocycles. The molecule has 3 unspecified atom stereocenters. The topological polar surface area (TPSA) is 64.7 Å². The SMILES string of the molecule is NC1(O)CC2CCOC2O1. The zero-order chi connectivity index (χ0) is 7.19. The summed E-state index contributed by atoms with van der Waals surface area (Å²) >= 11 is 0. The lowest BCUT2D eigenvalue weighted by Gasteiger charge is -2.16. The monoisotopic (exact) mass is 145 g/mol. The van der Waals surface area contributed by atoms with Crippen molar-refractivity contribution in [2.45, 2.75) is 25.0 Å². The van der Waals surface area contributed by atoms with E-state index >= 15 is 0 Å². The molecule has 0 bridgehead atoms. The highest BCUT2D eigenvalue weighted by Gasteiger charge is 2.46. The van der Waals surface area contributed by atoms with Gasteiger partial charge in [-0.2, -0.15) is 0 Å². The van der Waals surface area contributed by atoms with Crippen molar-refractivity contribution >= 4 is 0 Å². The van der Waals surface area contributed by atoms with E-state index in [1.807, 2.05) is 0 Å². The van der Waals surface area contributed by atoms with E-state index in [0.29, 0.717) is 12.3 Å². The molecular weight excluding hydrogens is 134 g/mol. The molecule has 2 rings (SSSR count). The summed E-state index contributed by atoms with van der Waals surface area (Å²) in [4.78, 5) is 0. The highest BCUT2D eigenvalue weighted by atomic mass is 16.8. The van der Waals surface area contributed by atoms with Gasteiger partial charge in [0.15, 0.2) is 6.29 Å². The second-order valence-corrected chi connectivity index (χ2v) is 2.95. The number of aliphatic hydroxyl groups is 1. The van der Waals surface area contributed by atoms with Gasteiger partial charge >= 0.3 is 0 Å². The Morgan fingerprint density at radius 1 is 1.60 bits per heavy atom. The fourth-order valence-corrected chi connectivity index (χ4v) is 1.56. The van der Waals surface area contributed by atoms with Gasteiger partial charge in [-0.05, 0) is 6.42 Å². The van der Waals surface area contributed by atoms with Crippen LogP contribution in [0.3, 0.4) is 0 Å². The van der Waals surface area contributed by atoms with Gasteiger partial charge in [-0.25, -0.2) is 0 Å². The molecule has 2 saturated heterocycles. The lowest BCUT2D eigenvalue weighted by atomic mass is 10.0. The van der Waals surface area contributed by atoms with E-state index in [1.54, 1.807) is 0 Å². The van der Waals surface area contributed by atoms with Gasteiger partial charge in [-0.3, -0.25) is 5.73 Å². The molecule has 0 aliphatic carbocycles. The number of ether oxygens (including phenoxy) is 2. The summed E-state index contributed by atoms with van der Waals surface area (Å²) < 4.78 is 10.1. The summed E-state index contributed by atoms with van der Waals surface area (Å²) in [7, 11) is 0. The van der Waals surface area contributed by atoms with E-state index in [9.17, 15) is 5.11 Å². The summed E-state index contributed by atoms with van der Waals surface area (Å²) in [6.45, 7) is 0.728. The van der Waals surface area contributed by atoms with Crippen LogP contribution in [0.1, 0.15) is 12.8 Å². The second-order valence-electron chi connectivity index (χ2n) is 2.95. The average Bonchev–Trinajstić information content (AvgIpc) is 2.20. The van der Waals surface area contributed by atoms with Crippen LogP contribution in [0.2, 0.25) is 0 Å². The molecule has 4 nitrogen and oxygen atoms in total. The zero-order valence-corrected chi connectivity index (χ0v) is 5.62. The highest BCUT2D eigenvalue weighted by Crippen LogP contribution is 2.36. The van der Waals surface area contributed by atoms with Gasteiger partial charge in [0, 0.05) is 12.3 Å². The predicted octanol–water partition coefficient (Wildman–Crippen LogP) is -0.626. The standard InChI is InChI=1S/C6H11NO3/c7-6(8)3-4-1-2-9-5(4)10-6/h4-5,8H,1-3,7H2. The fraction of sp³-hybridized carbons (Fsp3) is 1.00. The first-order chi connectivity index (χ1) is 4.67. The average molecular weight is 145 g/mol. The lowest BCUT2D eigenvalue weighted by molar-refractivity contribution is -0.240. The molecule has 58 valence electrons. The third kappa shape index (κ3) is 0.932. The Kier molecular flexibility index (Phi) is 1.25. The minimum absolute atomic E-state index is 0.255. The molecule has 0 aromatic carbocycles. The van der Waals surface area contributed by atoms with Crippen molar-refractivity contribution in [1.29, 1.82) is 0 Å². The van der Waals surface area contributed by atoms with Crippen LogP contribution < -0.4 is 5.73 Å². The normalized spacial score (nSPS) is 53.4. The molecule has 2 heterocycles. The van der Waals surface area contributed by atoms with E-state index in [2.05, 4.69) is 0 Å². The van der Waals surface area contributed by atoms with E-state index in [0.717, 1.165) is 13.0 Å². The first-order valence-electron chi connectivity index (χ1n) is 3.48. The van der Waals surface area contributed by atoms with Crippen molar-refractivity contribution in [3.63, 3.8) is 0 Å². The molecule has 0 radical (unpaired) electrons. The molecule has 0 aromatic rings. The Balaban J connectivity index is 2.07. The summed E-state index contributed by atoms with van der Waals surface area (Å²) in [6.07, 6.45) is 1.19. The van der Waals surface area contributed by atoms with Gasteiger partial charge in [0.05, 0.1) is 6.61 Å². The Bertz CT molecular complexity index is 134. The van der Waals surface area contributed by atoms with Gasteiger partial charge < -0.3 is 14.6 Å². The maximum Gasteiger partial charge on any atom is 0.225 e. The van der Waals surface area contributed by atoms with Crippen molar-refractivity contribution in [2.24, 2.45) is 11.7 Å². The number of nitrogens with two attached hydrogens (primary N) is 1. The van der Waals surface area contributed by atoms with E-state index in [1.165, 1.54) is 0 Å². The quantitative estimate of drug-likeness (QED) is 0.446. The Morgan fingerprint density at radius 2 is 2.40 bits per heavy atom. The van der Waals surface area contributed by atoms with Crippen LogP contribution in [0.5, 0.6) is 0 Å². The van der Waals surface area contributed by atoms with Crippen LogP contribution in [0.4, 0.5) is 0 Å². The van der Waals surface area contributed by atoms with Crippen molar-refractivity contribution < 1.29 is 14.6 Å². The van der Waals surface area contributed by atoms with Crippen LogP contribution >= 0.6 is 0 Å². The highest BCUT2D eigenvalue weighted by molar-refractivity contribution is 4.81. The summed E-state index contributed by atoms with van der Waals surface area (Å²) in [5.74, 6) is -1.13. The molecule has 3 N–H and O–H groups in total. The minimum atomic E-state index is -1.43. The lowest BCUT2D eigenvalue weighted by Crippen LogP contribution is -2.39. The van der Waals surface area contributed by atoms with Crippen LogP contribution in [0.15, 0.2) is 0 Å². The molecule has 3 atom stereocenters. The molecule has 10 heavy (non-hydrogen) atoms. The number of hydrogen-bond acceptors (Lipinski definition) is 4. The summed E-state index contributed by atoms with van der Waals surface area (Å²) in [5.41, 5.74) is 5.32. The van der Waals surface area contributed by atoms with Crippen LogP contribution in [0.25, 0.3) is 0 Å². The molecule has 2 aliphatic heterocycles. The number of hydrogen-bond donors (Lipinski definition) is 2. The smallest absolute Gasteiger partial charge is 0.225 e. The molecule has 2 fully saturated rings. The van der Waals surface area contributed by atoms with Gasteiger partial charge in [0.1, 0.15) is 0 Å². The summed E-state index contributed by atoms with van der Waals surface area (Å²) in [5, 5.41) is 9.18. The van der Waals surface area contributed by atoms with Crippen LogP contribution in [-0.2, 0) is 9.47 Å². The third-order valence-electron chi connectivity index (χ3n) is 2.03. The molecule has 4 heteroatoms. The van der Waals surface area contributed by atoms with Gasteiger partial charge in [0.25, 0.3) is 0 Å². The molecule has 0 spiro atoms. The Labute approximate surface area is 58.9 Å². The second kappa shape index (κ2) is 1.92. The van der Waals surface area contributed by atoms with E-state index in [4.69, 9.17) is 15.2 Å². The van der Waals surface area contributed by atoms with Crippen LogP contribution in [-0.4, -0.2) is 23.9 Å². The van der Waals surface area contributed by atoms with E-state index in [-0.39, 0.29) is 6.29 Å². The van der Waals surface area contributed by atoms with E-state index < -0.39 is 5.91 Å².